The van der Waals surface area contributed by atoms with Crippen LogP contribution in [0.25, 0.3) is 0 Å². The Morgan fingerprint density at radius 3 is 2.82 bits per heavy atom. The second kappa shape index (κ2) is 5.34. The van der Waals surface area contributed by atoms with E-state index in [1.54, 1.807) is 10.9 Å². The van der Waals surface area contributed by atoms with Gasteiger partial charge in [0.15, 0.2) is 5.82 Å². The van der Waals surface area contributed by atoms with Gasteiger partial charge in [-0.2, -0.15) is 5.10 Å². The summed E-state index contributed by atoms with van der Waals surface area (Å²) in [6, 6.07) is 3.95. The first kappa shape index (κ1) is 11.4. The van der Waals surface area contributed by atoms with Crippen molar-refractivity contribution in [2.75, 3.05) is 17.2 Å². The molecule has 0 amide bonds. The summed E-state index contributed by atoms with van der Waals surface area (Å²) in [5.41, 5.74) is 1.96. The van der Waals surface area contributed by atoms with Crippen LogP contribution in [0.15, 0.2) is 30.7 Å². The van der Waals surface area contributed by atoms with Gasteiger partial charge in [-0.05, 0) is 12.5 Å². The lowest BCUT2D eigenvalue weighted by atomic mass is 10.3. The Morgan fingerprint density at radius 2 is 2.12 bits per heavy atom. The largest absolute Gasteiger partial charge is 0.384 e. The number of hydrogen-bond donors (Lipinski definition) is 2. The predicted molar refractivity (Wildman–Crippen MR) is 69.5 cm³/mol. The standard InChI is InChI=1S/C12H17N5/c1-3-5-14-10-7-11(9-13-8-10)15-12-4-6-17(2)16-12/h4,6-9,14H,3,5H2,1-2H3,(H,15,16). The van der Waals surface area contributed by atoms with Crippen LogP contribution < -0.4 is 10.6 Å². The molecule has 0 aliphatic heterocycles. The molecular weight excluding hydrogens is 214 g/mol. The molecule has 0 radical (unpaired) electrons. The van der Waals surface area contributed by atoms with Gasteiger partial charge in [-0.1, -0.05) is 6.92 Å². The Morgan fingerprint density at radius 1 is 1.29 bits per heavy atom. The molecule has 90 valence electrons. The number of rotatable bonds is 5. The zero-order valence-electron chi connectivity index (χ0n) is 10.1. The van der Waals surface area contributed by atoms with Crippen LogP contribution >= 0.6 is 0 Å². The minimum Gasteiger partial charge on any atom is -0.384 e. The van der Waals surface area contributed by atoms with Gasteiger partial charge in [0.25, 0.3) is 0 Å². The predicted octanol–water partition coefficient (Wildman–Crippen LogP) is 2.38. The van der Waals surface area contributed by atoms with E-state index in [4.69, 9.17) is 0 Å². The average molecular weight is 231 g/mol. The molecule has 0 aliphatic rings. The van der Waals surface area contributed by atoms with Gasteiger partial charge in [-0.25, -0.2) is 0 Å². The molecule has 2 heterocycles. The minimum atomic E-state index is 0.821. The molecule has 0 saturated carbocycles. The maximum Gasteiger partial charge on any atom is 0.152 e. The minimum absolute atomic E-state index is 0.821. The Labute approximate surface area is 101 Å². The van der Waals surface area contributed by atoms with E-state index in [0.717, 1.165) is 30.2 Å². The second-order valence-corrected chi connectivity index (χ2v) is 3.89. The Bertz CT molecular complexity index is 477. The average Bonchev–Trinajstić information content (AvgIpc) is 2.73. The fourth-order valence-corrected chi connectivity index (χ4v) is 1.50. The third kappa shape index (κ3) is 3.21. The van der Waals surface area contributed by atoms with Crippen LogP contribution in [-0.2, 0) is 7.05 Å². The number of hydrogen-bond acceptors (Lipinski definition) is 4. The smallest absolute Gasteiger partial charge is 0.152 e. The molecule has 2 aromatic heterocycles. The lowest BCUT2D eigenvalue weighted by molar-refractivity contribution is 0.771. The molecule has 5 nitrogen and oxygen atoms in total. The van der Waals surface area contributed by atoms with Crippen molar-refractivity contribution in [2.24, 2.45) is 7.05 Å². The Kier molecular flexibility index (Phi) is 3.59. The van der Waals surface area contributed by atoms with E-state index in [2.05, 4.69) is 27.6 Å². The van der Waals surface area contributed by atoms with Gasteiger partial charge in [0.05, 0.1) is 23.8 Å². The summed E-state index contributed by atoms with van der Waals surface area (Å²) in [5.74, 6) is 0.821. The SMILES string of the molecule is CCCNc1cncc(Nc2ccn(C)n2)c1. The number of aryl methyl sites for hydroxylation is 1. The van der Waals surface area contributed by atoms with Gasteiger partial charge in [-0.3, -0.25) is 9.67 Å². The summed E-state index contributed by atoms with van der Waals surface area (Å²) in [4.78, 5) is 4.18. The number of pyridine rings is 1. The molecule has 0 fully saturated rings. The molecule has 5 heteroatoms. The fraction of sp³-hybridized carbons (Fsp3) is 0.333. The van der Waals surface area contributed by atoms with Crippen LogP contribution in [0, 0.1) is 0 Å². The summed E-state index contributed by atoms with van der Waals surface area (Å²) in [6.45, 7) is 3.09. The van der Waals surface area contributed by atoms with E-state index >= 15 is 0 Å². The summed E-state index contributed by atoms with van der Waals surface area (Å²) in [6.07, 6.45) is 6.60. The maximum absolute atomic E-state index is 4.26. The lowest BCUT2D eigenvalue weighted by Gasteiger charge is -2.07. The summed E-state index contributed by atoms with van der Waals surface area (Å²) in [7, 11) is 1.89. The van der Waals surface area contributed by atoms with Crippen molar-refractivity contribution < 1.29 is 0 Å². The maximum atomic E-state index is 4.26. The van der Waals surface area contributed by atoms with Gasteiger partial charge in [-0.15, -0.1) is 0 Å². The van der Waals surface area contributed by atoms with E-state index in [1.807, 2.05) is 31.6 Å². The van der Waals surface area contributed by atoms with Gasteiger partial charge in [0.2, 0.25) is 0 Å². The highest BCUT2D eigenvalue weighted by molar-refractivity contribution is 5.60. The van der Waals surface area contributed by atoms with Gasteiger partial charge in [0, 0.05) is 25.9 Å². The van der Waals surface area contributed by atoms with Gasteiger partial charge >= 0.3 is 0 Å². The number of nitrogens with zero attached hydrogens (tertiary/aromatic N) is 3. The molecular formula is C12H17N5. The number of anilines is 3. The van der Waals surface area contributed by atoms with Crippen LogP contribution in [0.3, 0.4) is 0 Å². The van der Waals surface area contributed by atoms with Gasteiger partial charge in [0.1, 0.15) is 0 Å². The highest BCUT2D eigenvalue weighted by atomic mass is 15.3. The van der Waals surface area contributed by atoms with E-state index in [1.165, 1.54) is 0 Å². The third-order valence-electron chi connectivity index (χ3n) is 2.30. The van der Waals surface area contributed by atoms with E-state index < -0.39 is 0 Å². The molecule has 0 bridgehead atoms. The van der Waals surface area contributed by atoms with E-state index in [0.29, 0.717) is 0 Å². The molecule has 2 aromatic rings. The molecule has 0 spiro atoms. The molecule has 17 heavy (non-hydrogen) atoms. The van der Waals surface area contributed by atoms with Crippen molar-refractivity contribution in [1.82, 2.24) is 14.8 Å². The highest BCUT2D eigenvalue weighted by Crippen LogP contribution is 2.17. The summed E-state index contributed by atoms with van der Waals surface area (Å²) in [5, 5.41) is 10.8. The zero-order chi connectivity index (χ0) is 12.1. The zero-order valence-corrected chi connectivity index (χ0v) is 10.1. The Hall–Kier alpha value is -2.04. The highest BCUT2D eigenvalue weighted by Gasteiger charge is 1.99. The molecule has 0 saturated heterocycles. The first-order chi connectivity index (χ1) is 8.28. The van der Waals surface area contributed by atoms with Crippen molar-refractivity contribution in [3.63, 3.8) is 0 Å². The molecule has 0 atom stereocenters. The molecule has 0 aliphatic carbocycles. The molecule has 2 rings (SSSR count). The third-order valence-corrected chi connectivity index (χ3v) is 2.30. The topological polar surface area (TPSA) is 54.8 Å². The van der Waals surface area contributed by atoms with E-state index in [9.17, 15) is 0 Å². The lowest BCUT2D eigenvalue weighted by Crippen LogP contribution is -2.01. The van der Waals surface area contributed by atoms with Crippen molar-refractivity contribution in [3.05, 3.63) is 30.7 Å². The van der Waals surface area contributed by atoms with Crippen LogP contribution in [0.2, 0.25) is 0 Å². The monoisotopic (exact) mass is 231 g/mol. The van der Waals surface area contributed by atoms with Gasteiger partial charge < -0.3 is 10.6 Å². The second-order valence-electron chi connectivity index (χ2n) is 3.89. The van der Waals surface area contributed by atoms with Crippen LogP contribution in [-0.4, -0.2) is 21.3 Å². The fourth-order valence-electron chi connectivity index (χ4n) is 1.50. The van der Waals surface area contributed by atoms with Crippen LogP contribution in [0.5, 0.6) is 0 Å². The summed E-state index contributed by atoms with van der Waals surface area (Å²) < 4.78 is 1.76. The molecule has 0 unspecified atom stereocenters. The number of nitrogens with one attached hydrogen (secondary N) is 2. The quantitative estimate of drug-likeness (QED) is 0.829. The van der Waals surface area contributed by atoms with Crippen LogP contribution in [0.4, 0.5) is 17.2 Å². The first-order valence-electron chi connectivity index (χ1n) is 5.73. The van der Waals surface area contributed by atoms with Crippen molar-refractivity contribution in [1.29, 1.82) is 0 Å². The molecule has 0 aromatic carbocycles. The normalized spacial score (nSPS) is 10.2. The van der Waals surface area contributed by atoms with Crippen molar-refractivity contribution in [3.8, 4) is 0 Å². The number of aromatic nitrogens is 3. The summed E-state index contributed by atoms with van der Waals surface area (Å²) >= 11 is 0. The van der Waals surface area contributed by atoms with Crippen LogP contribution in [0.1, 0.15) is 13.3 Å². The molecule has 2 N–H and O–H groups in total. The Balaban J connectivity index is 2.05. The van der Waals surface area contributed by atoms with E-state index in [-0.39, 0.29) is 0 Å². The van der Waals surface area contributed by atoms with Crippen molar-refractivity contribution in [2.45, 2.75) is 13.3 Å². The van der Waals surface area contributed by atoms with Crippen molar-refractivity contribution >= 4 is 17.2 Å². The first-order valence-corrected chi connectivity index (χ1v) is 5.73.